The topological polar surface area (TPSA) is 36.9 Å². The number of hydrogen-bond acceptors (Lipinski definition) is 4. The molecule has 0 aliphatic heterocycles. The minimum absolute atomic E-state index is 0.212. The summed E-state index contributed by atoms with van der Waals surface area (Å²) in [5.74, 6) is -18.1. The quantitative estimate of drug-likeness (QED) is 0.104. The molecule has 0 heterocycles. The molecule has 0 aliphatic rings. The van der Waals surface area contributed by atoms with Crippen molar-refractivity contribution in [3.05, 3.63) is 76.5 Å². The average Bonchev–Trinajstić information content (AvgIpc) is 2.86. The Morgan fingerprint density at radius 2 is 1.18 bits per heavy atom. The van der Waals surface area contributed by atoms with E-state index in [1.165, 1.54) is 18.2 Å². The van der Waals surface area contributed by atoms with Crippen molar-refractivity contribution in [3.63, 3.8) is 0 Å². The van der Waals surface area contributed by atoms with Crippen LogP contribution < -0.4 is 5.19 Å². The molecule has 218 valence electrons. The second-order valence-electron chi connectivity index (χ2n) is 7.45. The molecule has 0 aliphatic carbocycles. The Hall–Kier alpha value is -2.67. The molecule has 0 saturated carbocycles. The summed E-state index contributed by atoms with van der Waals surface area (Å²) in [5.41, 5.74) is -3.80. The van der Waals surface area contributed by atoms with Crippen molar-refractivity contribution in [1.29, 1.82) is 0 Å². The van der Waals surface area contributed by atoms with Gasteiger partial charge in [-0.25, -0.2) is 26.3 Å². The highest BCUT2D eigenvalue weighted by molar-refractivity contribution is 6.87. The average molecular weight is 606 g/mol. The van der Waals surface area contributed by atoms with Crippen LogP contribution in [0, 0.1) is 29.1 Å². The Morgan fingerprint density at radius 1 is 0.744 bits per heavy atom. The first-order chi connectivity index (χ1) is 17.8. The van der Waals surface area contributed by atoms with Gasteiger partial charge in [-0.15, -0.1) is 0 Å². The van der Waals surface area contributed by atoms with E-state index < -0.39 is 78.5 Å². The molecule has 0 fully saturated rings. The van der Waals surface area contributed by atoms with Gasteiger partial charge in [-0.3, -0.25) is 0 Å². The van der Waals surface area contributed by atoms with Gasteiger partial charge in [0.15, 0.2) is 23.3 Å². The Balaban J connectivity index is 3.07. The molecule has 0 spiro atoms. The number of rotatable bonds is 10. The van der Waals surface area contributed by atoms with Crippen LogP contribution in [-0.4, -0.2) is 41.2 Å². The minimum atomic E-state index is -7.66. The van der Waals surface area contributed by atoms with Crippen LogP contribution in [0.1, 0.15) is 12.5 Å². The van der Waals surface area contributed by atoms with E-state index in [1.54, 1.807) is 0 Å². The van der Waals surface area contributed by atoms with Gasteiger partial charge in [0.25, 0.3) is 0 Å². The van der Waals surface area contributed by atoms with Crippen molar-refractivity contribution in [2.45, 2.75) is 31.1 Å². The number of methoxy groups -OCH3 is 2. The lowest BCUT2D eigenvalue weighted by Gasteiger charge is -2.42. The standard InChI is InChI=1S/C21H15F13O4Si/c1-9(19(35-2,36-3)10-7-5-4-6-8-10)37-39(18(29)17(27)28,38-21(33,34)20(30,31)32)16-14(25)12(23)11(22)13(24)15(16)26/h4-9H,1-3H3. The number of hydrogen-bond donors (Lipinski definition) is 0. The molecule has 0 amide bonds. The molecule has 0 radical (unpaired) electrons. The molecule has 0 N–H and O–H groups in total. The highest BCUT2D eigenvalue weighted by atomic mass is 28.4. The maximum Gasteiger partial charge on any atom is 0.481 e. The predicted octanol–water partition coefficient (Wildman–Crippen LogP) is 6.37. The lowest BCUT2D eigenvalue weighted by molar-refractivity contribution is -0.369. The zero-order valence-electron chi connectivity index (χ0n) is 19.5. The zero-order chi connectivity index (χ0) is 30.1. The van der Waals surface area contributed by atoms with Crippen molar-refractivity contribution in [3.8, 4) is 0 Å². The molecule has 39 heavy (non-hydrogen) atoms. The summed E-state index contributed by atoms with van der Waals surface area (Å²) in [4.78, 5) is 0. The van der Waals surface area contributed by atoms with Gasteiger partial charge in [-0.2, -0.15) is 30.7 Å². The molecular formula is C21H15F13O4Si. The van der Waals surface area contributed by atoms with Gasteiger partial charge >= 0.3 is 26.9 Å². The van der Waals surface area contributed by atoms with Crippen LogP contribution in [-0.2, 0) is 24.1 Å². The van der Waals surface area contributed by atoms with Crippen LogP contribution in [0.4, 0.5) is 57.1 Å². The van der Waals surface area contributed by atoms with Gasteiger partial charge in [-0.05, 0) is 6.92 Å². The summed E-state index contributed by atoms with van der Waals surface area (Å²) in [5, 5.41) is -2.96. The summed E-state index contributed by atoms with van der Waals surface area (Å²) in [6.07, 6.45) is -19.9. The minimum Gasteiger partial charge on any atom is -0.377 e. The van der Waals surface area contributed by atoms with Crippen LogP contribution in [0.15, 0.2) is 41.9 Å². The number of benzene rings is 2. The van der Waals surface area contributed by atoms with E-state index >= 15 is 4.39 Å². The molecule has 18 heteroatoms. The number of ether oxygens (including phenoxy) is 2. The van der Waals surface area contributed by atoms with Crippen molar-refractivity contribution in [1.82, 2.24) is 0 Å². The Bertz CT molecular complexity index is 1190. The van der Waals surface area contributed by atoms with Gasteiger partial charge in [0, 0.05) is 19.8 Å². The van der Waals surface area contributed by atoms with E-state index in [4.69, 9.17) is 13.9 Å². The van der Waals surface area contributed by atoms with Crippen LogP contribution in [0.3, 0.4) is 0 Å². The Kier molecular flexibility index (Phi) is 9.54. The van der Waals surface area contributed by atoms with Crippen molar-refractivity contribution in [2.75, 3.05) is 14.2 Å². The van der Waals surface area contributed by atoms with Crippen molar-refractivity contribution < 1.29 is 75.4 Å². The van der Waals surface area contributed by atoms with Crippen molar-refractivity contribution >= 4 is 13.7 Å². The SMILES string of the molecule is COC(OC)(c1ccccc1)C(C)O[Si](OC(F)(F)C(F)(F)F)(C(F)=C(F)F)c1c(F)c(F)c(F)c(F)c1F. The van der Waals surface area contributed by atoms with Gasteiger partial charge in [0.05, 0.1) is 5.19 Å². The van der Waals surface area contributed by atoms with E-state index in [0.29, 0.717) is 6.92 Å². The van der Waals surface area contributed by atoms with E-state index in [0.717, 1.165) is 26.4 Å². The predicted molar refractivity (Wildman–Crippen MR) is 107 cm³/mol. The fourth-order valence-electron chi connectivity index (χ4n) is 3.48. The van der Waals surface area contributed by atoms with Crippen LogP contribution in [0.25, 0.3) is 0 Å². The second-order valence-corrected chi connectivity index (χ2v) is 10.1. The largest absolute Gasteiger partial charge is 0.481 e. The number of alkyl halides is 5. The summed E-state index contributed by atoms with van der Waals surface area (Å²) in [6, 6.07) is 6.23. The maximum absolute atomic E-state index is 15.0. The first kappa shape index (κ1) is 32.5. The molecular weight excluding hydrogens is 591 g/mol. The molecule has 4 nitrogen and oxygen atoms in total. The van der Waals surface area contributed by atoms with Gasteiger partial charge in [0.1, 0.15) is 6.10 Å². The van der Waals surface area contributed by atoms with E-state index in [-0.39, 0.29) is 5.56 Å². The fraction of sp³-hybridized carbons (Fsp3) is 0.333. The lowest BCUT2D eigenvalue weighted by atomic mass is 10.0. The normalized spacial score (nSPS) is 15.2. The molecule has 2 unspecified atom stereocenters. The monoisotopic (exact) mass is 606 g/mol. The molecule has 2 aromatic rings. The first-order valence-electron chi connectivity index (χ1n) is 10.1. The molecule has 2 aromatic carbocycles. The van der Waals surface area contributed by atoms with Crippen LogP contribution >= 0.6 is 0 Å². The highest BCUT2D eigenvalue weighted by Crippen LogP contribution is 2.44. The second kappa shape index (κ2) is 11.4. The Morgan fingerprint density at radius 3 is 1.56 bits per heavy atom. The van der Waals surface area contributed by atoms with Gasteiger partial charge < -0.3 is 18.3 Å². The third kappa shape index (κ3) is 5.65. The fourth-order valence-corrected chi connectivity index (χ4v) is 6.34. The third-order valence-electron chi connectivity index (χ3n) is 5.26. The molecule has 2 rings (SSSR count). The molecule has 0 saturated heterocycles. The first-order valence-corrected chi connectivity index (χ1v) is 11.9. The van der Waals surface area contributed by atoms with Crippen molar-refractivity contribution in [2.24, 2.45) is 0 Å². The van der Waals surface area contributed by atoms with Gasteiger partial charge in [0.2, 0.25) is 17.1 Å². The zero-order valence-corrected chi connectivity index (χ0v) is 20.5. The molecule has 0 bridgehead atoms. The summed E-state index contributed by atoms with van der Waals surface area (Å²) in [7, 11) is -6.07. The Labute approximate surface area is 211 Å². The van der Waals surface area contributed by atoms with E-state index in [1.807, 2.05) is 0 Å². The summed E-state index contributed by atoms with van der Waals surface area (Å²) < 4.78 is 199. The van der Waals surface area contributed by atoms with E-state index in [9.17, 15) is 52.7 Å². The summed E-state index contributed by atoms with van der Waals surface area (Å²) >= 11 is 0. The molecule has 2 atom stereocenters. The van der Waals surface area contributed by atoms with E-state index in [2.05, 4.69) is 4.43 Å². The van der Waals surface area contributed by atoms with Crippen LogP contribution in [0.5, 0.6) is 0 Å². The van der Waals surface area contributed by atoms with Crippen LogP contribution in [0.2, 0.25) is 0 Å². The summed E-state index contributed by atoms with van der Waals surface area (Å²) in [6.45, 7) is 0.603. The number of halogens is 13. The third-order valence-corrected chi connectivity index (χ3v) is 8.35. The smallest absolute Gasteiger partial charge is 0.377 e. The molecule has 0 aromatic heterocycles. The lowest BCUT2D eigenvalue weighted by Crippen LogP contribution is -2.66. The maximum atomic E-state index is 15.0. The highest BCUT2D eigenvalue weighted by Gasteiger charge is 2.69. The van der Waals surface area contributed by atoms with Gasteiger partial charge in [-0.1, -0.05) is 30.3 Å².